The van der Waals surface area contributed by atoms with Crippen molar-refractivity contribution in [2.75, 3.05) is 52.5 Å². The molecule has 1 saturated carbocycles. The molecule has 4 aliphatic rings. The predicted molar refractivity (Wildman–Crippen MR) is 107 cm³/mol. The Hall–Kier alpha value is -1.10. The molecule has 0 N–H and O–H groups in total. The molecule has 27 heavy (non-hydrogen) atoms. The summed E-state index contributed by atoms with van der Waals surface area (Å²) in [4.78, 5) is 5.25. The number of nitrogens with zero attached hydrogens (tertiary/aromatic N) is 2. The van der Waals surface area contributed by atoms with E-state index >= 15 is 0 Å². The van der Waals surface area contributed by atoms with Crippen molar-refractivity contribution in [1.29, 1.82) is 0 Å². The largest absolute Gasteiger partial charge is 0.493 e. The molecule has 3 heterocycles. The minimum Gasteiger partial charge on any atom is -0.493 e. The van der Waals surface area contributed by atoms with Crippen LogP contribution in [0.3, 0.4) is 0 Å². The van der Waals surface area contributed by atoms with Gasteiger partial charge < -0.3 is 14.4 Å². The summed E-state index contributed by atoms with van der Waals surface area (Å²) in [6.45, 7) is 10.3. The molecule has 0 radical (unpaired) electrons. The Morgan fingerprint density at radius 3 is 2.74 bits per heavy atom. The molecule has 4 heteroatoms. The van der Waals surface area contributed by atoms with Gasteiger partial charge in [-0.3, -0.25) is 4.90 Å². The van der Waals surface area contributed by atoms with Gasteiger partial charge in [0, 0.05) is 39.2 Å². The Morgan fingerprint density at radius 1 is 1.04 bits per heavy atom. The molecule has 5 rings (SSSR count). The normalized spacial score (nSPS) is 30.1. The summed E-state index contributed by atoms with van der Waals surface area (Å²) in [5, 5.41) is 0. The van der Waals surface area contributed by atoms with Gasteiger partial charge in [-0.2, -0.15) is 0 Å². The first-order chi connectivity index (χ1) is 13.4. The second kappa shape index (κ2) is 8.10. The topological polar surface area (TPSA) is 24.9 Å². The Labute approximate surface area is 163 Å². The van der Waals surface area contributed by atoms with Crippen LogP contribution >= 0.6 is 0 Å². The summed E-state index contributed by atoms with van der Waals surface area (Å²) in [5.41, 5.74) is 2.85. The Morgan fingerprint density at radius 2 is 1.89 bits per heavy atom. The van der Waals surface area contributed by atoms with Crippen molar-refractivity contribution in [2.45, 2.75) is 38.6 Å². The van der Waals surface area contributed by atoms with Gasteiger partial charge in [0.05, 0.1) is 13.2 Å². The molecule has 3 aliphatic heterocycles. The molecule has 0 spiro atoms. The smallest absolute Gasteiger partial charge is 0.122 e. The zero-order chi connectivity index (χ0) is 18.1. The van der Waals surface area contributed by atoms with Gasteiger partial charge >= 0.3 is 0 Å². The molecular formula is C23H34N2O2. The van der Waals surface area contributed by atoms with Gasteiger partial charge in [0.25, 0.3) is 0 Å². The third-order valence-corrected chi connectivity index (χ3v) is 7.13. The number of piperidine rings is 2. The molecule has 1 aromatic rings. The maximum Gasteiger partial charge on any atom is 0.122 e. The fourth-order valence-corrected chi connectivity index (χ4v) is 5.50. The SMILES string of the molecule is c1cc2c(cc1CN1C[C@@H]3C(COCCCN4CCCCC4)[C@@H]3C1)CCO2. The molecule has 1 unspecified atom stereocenters. The van der Waals surface area contributed by atoms with Gasteiger partial charge in [0.1, 0.15) is 5.75 Å². The van der Waals surface area contributed by atoms with Crippen LogP contribution in [0.4, 0.5) is 0 Å². The number of rotatable bonds is 8. The lowest BCUT2D eigenvalue weighted by atomic mass is 10.1. The van der Waals surface area contributed by atoms with E-state index in [1.54, 1.807) is 0 Å². The maximum atomic E-state index is 6.03. The molecule has 0 bridgehead atoms. The first-order valence-electron chi connectivity index (χ1n) is 11.1. The first-order valence-corrected chi connectivity index (χ1v) is 11.1. The van der Waals surface area contributed by atoms with Crippen LogP contribution in [0.5, 0.6) is 5.75 Å². The molecule has 3 atom stereocenters. The van der Waals surface area contributed by atoms with E-state index in [-0.39, 0.29) is 0 Å². The van der Waals surface area contributed by atoms with Crippen LogP contribution in [0.1, 0.15) is 36.8 Å². The van der Waals surface area contributed by atoms with Gasteiger partial charge in [0.15, 0.2) is 0 Å². The van der Waals surface area contributed by atoms with E-state index in [0.29, 0.717) is 0 Å². The van der Waals surface area contributed by atoms with Crippen LogP contribution < -0.4 is 4.74 Å². The fourth-order valence-electron chi connectivity index (χ4n) is 5.50. The highest BCUT2D eigenvalue weighted by molar-refractivity contribution is 5.39. The minimum atomic E-state index is 0.838. The molecule has 4 nitrogen and oxygen atoms in total. The van der Waals surface area contributed by atoms with E-state index < -0.39 is 0 Å². The predicted octanol–water partition coefficient (Wildman–Crippen LogP) is 3.19. The lowest BCUT2D eigenvalue weighted by Gasteiger charge is -2.26. The highest BCUT2D eigenvalue weighted by atomic mass is 16.5. The monoisotopic (exact) mass is 370 g/mol. The molecule has 148 valence electrons. The Bertz CT molecular complexity index is 631. The van der Waals surface area contributed by atoms with Gasteiger partial charge in [-0.05, 0) is 67.3 Å². The molecule has 0 amide bonds. The van der Waals surface area contributed by atoms with Gasteiger partial charge in [-0.25, -0.2) is 0 Å². The number of ether oxygens (including phenoxy) is 2. The van der Waals surface area contributed by atoms with E-state index in [2.05, 4.69) is 28.0 Å². The fraction of sp³-hybridized carbons (Fsp3) is 0.739. The van der Waals surface area contributed by atoms with Crippen molar-refractivity contribution in [3.05, 3.63) is 29.3 Å². The summed E-state index contributed by atoms with van der Waals surface area (Å²) >= 11 is 0. The lowest BCUT2D eigenvalue weighted by Crippen LogP contribution is -2.31. The lowest BCUT2D eigenvalue weighted by molar-refractivity contribution is 0.0967. The van der Waals surface area contributed by atoms with Crippen molar-refractivity contribution >= 4 is 0 Å². The van der Waals surface area contributed by atoms with Crippen molar-refractivity contribution in [3.8, 4) is 5.75 Å². The maximum absolute atomic E-state index is 6.03. The van der Waals surface area contributed by atoms with Crippen LogP contribution in [0.15, 0.2) is 18.2 Å². The van der Waals surface area contributed by atoms with Crippen LogP contribution in [0.25, 0.3) is 0 Å². The second-order valence-corrected chi connectivity index (χ2v) is 9.06. The highest BCUT2D eigenvalue weighted by Crippen LogP contribution is 2.52. The van der Waals surface area contributed by atoms with Crippen molar-refractivity contribution in [2.24, 2.45) is 17.8 Å². The van der Waals surface area contributed by atoms with Crippen molar-refractivity contribution in [3.63, 3.8) is 0 Å². The van der Waals surface area contributed by atoms with E-state index in [0.717, 1.165) is 56.3 Å². The third kappa shape index (κ3) is 4.18. The van der Waals surface area contributed by atoms with Gasteiger partial charge in [-0.1, -0.05) is 18.6 Å². The molecular weight excluding hydrogens is 336 g/mol. The zero-order valence-electron chi connectivity index (χ0n) is 16.6. The number of likely N-dealkylation sites (tertiary alicyclic amines) is 2. The average molecular weight is 371 g/mol. The van der Waals surface area contributed by atoms with Crippen molar-refractivity contribution < 1.29 is 9.47 Å². The summed E-state index contributed by atoms with van der Waals surface area (Å²) in [6.07, 6.45) is 6.49. The minimum absolute atomic E-state index is 0.838. The van der Waals surface area contributed by atoms with Crippen LogP contribution in [0, 0.1) is 17.8 Å². The number of hydrogen-bond donors (Lipinski definition) is 0. The summed E-state index contributed by atoms with van der Waals surface area (Å²) in [6, 6.07) is 6.77. The van der Waals surface area contributed by atoms with Crippen molar-refractivity contribution in [1.82, 2.24) is 9.80 Å². The number of benzene rings is 1. The third-order valence-electron chi connectivity index (χ3n) is 7.13. The van der Waals surface area contributed by atoms with E-state index in [1.807, 2.05) is 0 Å². The van der Waals surface area contributed by atoms with Crippen LogP contribution in [-0.2, 0) is 17.7 Å². The molecule has 3 fully saturated rings. The number of hydrogen-bond acceptors (Lipinski definition) is 4. The van der Waals surface area contributed by atoms with Crippen LogP contribution in [0.2, 0.25) is 0 Å². The average Bonchev–Trinajstić information content (AvgIpc) is 3.05. The molecule has 2 saturated heterocycles. The molecule has 1 aromatic carbocycles. The molecule has 1 aliphatic carbocycles. The summed E-state index contributed by atoms with van der Waals surface area (Å²) in [7, 11) is 0. The summed E-state index contributed by atoms with van der Waals surface area (Å²) in [5.74, 6) is 3.72. The Balaban J connectivity index is 0.974. The number of fused-ring (bicyclic) bond motifs is 2. The quantitative estimate of drug-likeness (QED) is 0.656. The van der Waals surface area contributed by atoms with E-state index in [9.17, 15) is 0 Å². The second-order valence-electron chi connectivity index (χ2n) is 9.06. The van der Waals surface area contributed by atoms with E-state index in [4.69, 9.17) is 9.47 Å². The highest BCUT2D eigenvalue weighted by Gasteiger charge is 2.55. The van der Waals surface area contributed by atoms with Crippen LogP contribution in [-0.4, -0.2) is 62.3 Å². The Kier molecular flexibility index (Phi) is 5.39. The van der Waals surface area contributed by atoms with Gasteiger partial charge in [-0.15, -0.1) is 0 Å². The van der Waals surface area contributed by atoms with E-state index in [1.165, 1.54) is 69.5 Å². The van der Waals surface area contributed by atoms with Gasteiger partial charge in [0.2, 0.25) is 0 Å². The first kappa shape index (κ1) is 18.0. The summed E-state index contributed by atoms with van der Waals surface area (Å²) < 4.78 is 11.7. The zero-order valence-corrected chi connectivity index (χ0v) is 16.6. The molecule has 0 aromatic heterocycles. The standard InChI is InChI=1S/C23H34N2O2/c1-2-8-24(9-3-1)10-4-11-26-17-22-20-15-25(16-21(20)22)14-18-5-6-23-19(13-18)7-12-27-23/h5-6,13,20-22H,1-4,7-12,14-17H2/t20-,21+,22?.